The van der Waals surface area contributed by atoms with Crippen LogP contribution in [0.25, 0.3) is 10.9 Å². The number of hydrogen-bond acceptors (Lipinski definition) is 7. The average Bonchev–Trinajstić information content (AvgIpc) is 3.38. The number of nitrogens with zero attached hydrogens (tertiary/aromatic N) is 3. The van der Waals surface area contributed by atoms with Gasteiger partial charge < -0.3 is 24.7 Å². The average molecular weight is 464 g/mol. The molecular weight excluding hydrogens is 430 g/mol. The van der Waals surface area contributed by atoms with Crippen molar-refractivity contribution in [3.8, 4) is 0 Å². The molecule has 1 unspecified atom stereocenters. The number of H-pyrrole nitrogens is 1. The zero-order valence-electron chi connectivity index (χ0n) is 19.5. The molecule has 2 saturated heterocycles. The fourth-order valence-corrected chi connectivity index (χ4v) is 4.78. The van der Waals surface area contributed by atoms with Gasteiger partial charge in [-0.3, -0.25) is 4.79 Å². The lowest BCUT2D eigenvalue weighted by atomic mass is 9.97. The van der Waals surface area contributed by atoms with Crippen molar-refractivity contribution in [2.75, 3.05) is 37.7 Å². The van der Waals surface area contributed by atoms with Crippen molar-refractivity contribution >= 4 is 22.6 Å². The summed E-state index contributed by atoms with van der Waals surface area (Å²) >= 11 is 0. The predicted molar refractivity (Wildman–Crippen MR) is 131 cm³/mol. The van der Waals surface area contributed by atoms with Gasteiger partial charge in [-0.1, -0.05) is 12.1 Å². The van der Waals surface area contributed by atoms with Crippen LogP contribution in [0, 0.1) is 5.92 Å². The van der Waals surface area contributed by atoms with Crippen molar-refractivity contribution in [2.24, 2.45) is 5.92 Å². The number of rotatable bonds is 9. The predicted octanol–water partition coefficient (Wildman–Crippen LogP) is 3.69. The topological polar surface area (TPSA) is 92.4 Å². The number of piperidine rings is 1. The highest BCUT2D eigenvalue weighted by Crippen LogP contribution is 2.21. The highest BCUT2D eigenvalue weighted by molar-refractivity contribution is 5.96. The third-order valence-corrected chi connectivity index (χ3v) is 6.83. The van der Waals surface area contributed by atoms with E-state index in [0.717, 1.165) is 58.3 Å². The van der Waals surface area contributed by atoms with Gasteiger partial charge in [0.2, 0.25) is 5.95 Å². The van der Waals surface area contributed by atoms with E-state index < -0.39 is 0 Å². The number of aromatic amines is 1. The molecule has 0 saturated carbocycles. The van der Waals surface area contributed by atoms with Crippen molar-refractivity contribution in [2.45, 2.75) is 44.9 Å². The van der Waals surface area contributed by atoms with Crippen molar-refractivity contribution in [1.82, 2.24) is 20.3 Å². The van der Waals surface area contributed by atoms with Gasteiger partial charge in [0, 0.05) is 55.7 Å². The first kappa shape index (κ1) is 23.0. The molecule has 5 rings (SSSR count). The molecule has 0 bridgehead atoms. The Morgan fingerprint density at radius 3 is 2.79 bits per heavy atom. The van der Waals surface area contributed by atoms with Gasteiger partial charge in [-0.2, -0.15) is 0 Å². The Bertz CT molecular complexity index is 1070. The van der Waals surface area contributed by atoms with Crippen LogP contribution < -0.4 is 10.2 Å². The molecule has 2 aromatic heterocycles. The molecule has 2 N–H and O–H groups in total. The molecule has 4 heterocycles. The molecule has 8 heteroatoms. The van der Waals surface area contributed by atoms with E-state index in [4.69, 9.17) is 9.47 Å². The number of nitrogens with one attached hydrogen (secondary N) is 2. The molecular formula is C26H33N5O3. The lowest BCUT2D eigenvalue weighted by Crippen LogP contribution is -2.38. The first-order valence-corrected chi connectivity index (χ1v) is 12.4. The summed E-state index contributed by atoms with van der Waals surface area (Å²) in [5, 5.41) is 4.93. The monoisotopic (exact) mass is 463 g/mol. The van der Waals surface area contributed by atoms with Crippen LogP contribution in [0.15, 0.2) is 42.9 Å². The van der Waals surface area contributed by atoms with Crippen LogP contribution in [0.5, 0.6) is 0 Å². The Kier molecular flexibility index (Phi) is 7.48. The zero-order valence-corrected chi connectivity index (χ0v) is 19.5. The van der Waals surface area contributed by atoms with Gasteiger partial charge in [-0.15, -0.1) is 0 Å². The molecule has 2 aliphatic rings. The Morgan fingerprint density at radius 1 is 1.15 bits per heavy atom. The highest BCUT2D eigenvalue weighted by Gasteiger charge is 2.22. The number of anilines is 1. The third-order valence-electron chi connectivity index (χ3n) is 6.83. The van der Waals surface area contributed by atoms with Gasteiger partial charge in [0.15, 0.2) is 12.1 Å². The number of carbonyl (C=O) groups excluding carboxylic acids is 1. The Balaban J connectivity index is 1.05. The maximum absolute atomic E-state index is 12.4. The summed E-state index contributed by atoms with van der Waals surface area (Å²) in [6, 6.07) is 8.54. The van der Waals surface area contributed by atoms with Crippen LogP contribution in [0.4, 0.5) is 5.95 Å². The van der Waals surface area contributed by atoms with E-state index in [1.165, 1.54) is 16.5 Å². The van der Waals surface area contributed by atoms with E-state index >= 15 is 0 Å². The van der Waals surface area contributed by atoms with Gasteiger partial charge in [0.1, 0.15) is 6.61 Å². The summed E-state index contributed by atoms with van der Waals surface area (Å²) in [4.78, 5) is 26.8. The number of benzene rings is 1. The van der Waals surface area contributed by atoms with Crippen LogP contribution in [0.2, 0.25) is 0 Å². The minimum atomic E-state index is -0.268. The van der Waals surface area contributed by atoms with E-state index in [-0.39, 0.29) is 18.7 Å². The molecule has 0 radical (unpaired) electrons. The third kappa shape index (κ3) is 5.63. The number of fused-ring (bicyclic) bond motifs is 1. The normalized spacial score (nSPS) is 19.5. The number of ether oxygens (including phenoxy) is 2. The summed E-state index contributed by atoms with van der Waals surface area (Å²) < 4.78 is 11.1. The Hall–Kier alpha value is -2.81. The summed E-state index contributed by atoms with van der Waals surface area (Å²) in [6.07, 6.45) is 10.1. The fraction of sp³-hybridized carbons (Fsp3) is 0.500. The highest BCUT2D eigenvalue weighted by atomic mass is 16.7. The van der Waals surface area contributed by atoms with Crippen molar-refractivity contribution in [1.29, 1.82) is 0 Å². The van der Waals surface area contributed by atoms with E-state index in [1.807, 2.05) is 6.20 Å². The summed E-state index contributed by atoms with van der Waals surface area (Å²) in [5.41, 5.74) is 3.00. The molecule has 1 atom stereocenters. The molecule has 0 amide bonds. The van der Waals surface area contributed by atoms with E-state index in [9.17, 15) is 4.79 Å². The van der Waals surface area contributed by atoms with E-state index in [0.29, 0.717) is 24.0 Å². The minimum Gasteiger partial charge on any atom is -0.361 e. The molecule has 8 nitrogen and oxygen atoms in total. The van der Waals surface area contributed by atoms with Crippen LogP contribution in [-0.4, -0.2) is 59.9 Å². The van der Waals surface area contributed by atoms with Crippen molar-refractivity contribution in [3.05, 3.63) is 54.0 Å². The first-order chi connectivity index (χ1) is 16.8. The van der Waals surface area contributed by atoms with Crippen LogP contribution in [0.1, 0.15) is 48.0 Å². The Labute approximate surface area is 200 Å². The molecule has 34 heavy (non-hydrogen) atoms. The SMILES string of the molecule is O=C(COC1CCCCO1)c1cnc(N2CCC(CNCc3cccc4[nH]ccc34)CC2)nc1. The number of ketones is 1. The largest absolute Gasteiger partial charge is 0.361 e. The molecule has 2 fully saturated rings. The lowest BCUT2D eigenvalue weighted by Gasteiger charge is -2.32. The first-order valence-electron chi connectivity index (χ1n) is 12.4. The number of hydrogen-bond donors (Lipinski definition) is 2. The molecule has 1 aromatic carbocycles. The van der Waals surface area contributed by atoms with Gasteiger partial charge in [-0.25, -0.2) is 9.97 Å². The van der Waals surface area contributed by atoms with E-state index in [2.05, 4.69) is 49.4 Å². The maximum atomic E-state index is 12.4. The lowest BCUT2D eigenvalue weighted by molar-refractivity contribution is -0.155. The second-order valence-corrected chi connectivity index (χ2v) is 9.22. The molecule has 2 aliphatic heterocycles. The molecule has 0 aliphatic carbocycles. The zero-order chi connectivity index (χ0) is 23.2. The van der Waals surface area contributed by atoms with Crippen LogP contribution in [0.3, 0.4) is 0 Å². The van der Waals surface area contributed by atoms with Crippen LogP contribution in [-0.2, 0) is 16.0 Å². The number of aromatic nitrogens is 3. The molecule has 0 spiro atoms. The summed E-state index contributed by atoms with van der Waals surface area (Å²) in [7, 11) is 0. The van der Waals surface area contributed by atoms with Gasteiger partial charge in [0.05, 0.1) is 5.56 Å². The standard InChI is InChI=1S/C26H33N5O3/c32-24(18-34-25-6-1-2-13-33-25)21-16-29-26(30-17-21)31-11-8-19(9-12-31)14-27-15-20-4-3-5-23-22(20)7-10-28-23/h3-5,7,10,16-17,19,25,27-28H,1-2,6,8-9,11-15,18H2. The number of carbonyl (C=O) groups is 1. The second kappa shape index (κ2) is 11.1. The Morgan fingerprint density at radius 2 is 2.00 bits per heavy atom. The van der Waals surface area contributed by atoms with Crippen molar-refractivity contribution < 1.29 is 14.3 Å². The van der Waals surface area contributed by atoms with Gasteiger partial charge in [0.25, 0.3) is 0 Å². The molecule has 3 aromatic rings. The maximum Gasteiger partial charge on any atom is 0.225 e. The molecule has 180 valence electrons. The van der Waals surface area contributed by atoms with Gasteiger partial charge >= 0.3 is 0 Å². The fourth-order valence-electron chi connectivity index (χ4n) is 4.78. The second-order valence-electron chi connectivity index (χ2n) is 9.22. The quantitative estimate of drug-likeness (QED) is 0.468. The number of Topliss-reactive ketones (excluding diaryl/α,β-unsaturated/α-hetero) is 1. The van der Waals surface area contributed by atoms with Crippen molar-refractivity contribution in [3.63, 3.8) is 0 Å². The smallest absolute Gasteiger partial charge is 0.225 e. The van der Waals surface area contributed by atoms with Crippen LogP contribution >= 0.6 is 0 Å². The summed E-state index contributed by atoms with van der Waals surface area (Å²) in [5.74, 6) is 1.22. The minimum absolute atomic E-state index is 0.00432. The summed E-state index contributed by atoms with van der Waals surface area (Å²) in [6.45, 7) is 4.44. The van der Waals surface area contributed by atoms with Gasteiger partial charge in [-0.05, 0) is 62.3 Å². The van der Waals surface area contributed by atoms with E-state index in [1.54, 1.807) is 12.4 Å².